The van der Waals surface area contributed by atoms with Gasteiger partial charge in [-0.1, -0.05) is 17.7 Å². The van der Waals surface area contributed by atoms with Crippen LogP contribution in [0.5, 0.6) is 0 Å². The maximum Gasteiger partial charge on any atom is 0.0670 e. The van der Waals surface area contributed by atoms with Crippen LogP contribution in [0.1, 0.15) is 16.7 Å². The summed E-state index contributed by atoms with van der Waals surface area (Å²) < 4.78 is 0. The molecule has 0 aliphatic carbocycles. The lowest BCUT2D eigenvalue weighted by Gasteiger charge is -2.06. The monoisotopic (exact) mass is 179 g/mol. The largest absolute Gasteiger partial charge is 0.198 e. The third kappa shape index (κ3) is 1.60. The molecule has 0 bridgehead atoms. The van der Waals surface area contributed by atoms with Gasteiger partial charge < -0.3 is 0 Å². The highest BCUT2D eigenvalue weighted by atomic mass is 35.5. The van der Waals surface area contributed by atoms with Crippen molar-refractivity contribution in [2.75, 3.05) is 0 Å². The minimum atomic E-state index is 0.395. The van der Waals surface area contributed by atoms with Crippen LogP contribution in [0.4, 0.5) is 0 Å². The standard InChI is InChI=1S/C10H10ClN/c1-7-3-4-10(11)9(5-6-12)8(7)2/h3-4H,5H2,1-2H3. The predicted octanol–water partition coefficient (Wildman–Crippen LogP) is 3.02. The third-order valence-electron chi connectivity index (χ3n) is 2.07. The highest BCUT2D eigenvalue weighted by molar-refractivity contribution is 6.31. The van der Waals surface area contributed by atoms with Crippen LogP contribution in [0, 0.1) is 25.2 Å². The predicted molar refractivity (Wildman–Crippen MR) is 50.2 cm³/mol. The Kier molecular flexibility index (Phi) is 2.73. The zero-order valence-electron chi connectivity index (χ0n) is 7.19. The normalized spacial score (nSPS) is 9.50. The van der Waals surface area contributed by atoms with Gasteiger partial charge >= 0.3 is 0 Å². The molecule has 0 spiro atoms. The molecule has 0 heterocycles. The summed E-state index contributed by atoms with van der Waals surface area (Å²) in [5.41, 5.74) is 3.27. The van der Waals surface area contributed by atoms with Crippen molar-refractivity contribution in [1.82, 2.24) is 0 Å². The lowest BCUT2D eigenvalue weighted by Crippen LogP contribution is -1.91. The zero-order chi connectivity index (χ0) is 9.14. The van der Waals surface area contributed by atoms with Gasteiger partial charge in [-0.25, -0.2) is 0 Å². The molecule has 0 aliphatic heterocycles. The van der Waals surface area contributed by atoms with Crippen LogP contribution >= 0.6 is 11.6 Å². The van der Waals surface area contributed by atoms with Crippen LogP contribution in [-0.4, -0.2) is 0 Å². The van der Waals surface area contributed by atoms with E-state index in [0.29, 0.717) is 11.4 Å². The molecule has 1 rings (SSSR count). The second-order valence-electron chi connectivity index (χ2n) is 2.80. The quantitative estimate of drug-likeness (QED) is 0.650. The van der Waals surface area contributed by atoms with E-state index in [-0.39, 0.29) is 0 Å². The molecule has 1 aromatic carbocycles. The van der Waals surface area contributed by atoms with E-state index in [1.165, 1.54) is 5.56 Å². The molecule has 0 aromatic heterocycles. The summed E-state index contributed by atoms with van der Waals surface area (Å²) in [7, 11) is 0. The first-order valence-electron chi connectivity index (χ1n) is 3.78. The van der Waals surface area contributed by atoms with Crippen molar-refractivity contribution in [2.24, 2.45) is 0 Å². The second kappa shape index (κ2) is 3.60. The maximum absolute atomic E-state index is 8.55. The molecular formula is C10H10ClN. The fraction of sp³-hybridized carbons (Fsp3) is 0.300. The number of nitriles is 1. The molecule has 0 unspecified atom stereocenters. The third-order valence-corrected chi connectivity index (χ3v) is 2.42. The molecule has 1 nitrogen and oxygen atoms in total. The van der Waals surface area contributed by atoms with Crippen molar-refractivity contribution in [2.45, 2.75) is 20.3 Å². The van der Waals surface area contributed by atoms with Gasteiger partial charge in [0, 0.05) is 5.02 Å². The van der Waals surface area contributed by atoms with Crippen molar-refractivity contribution in [3.63, 3.8) is 0 Å². The average Bonchev–Trinajstić information content (AvgIpc) is 2.06. The number of nitrogens with zero attached hydrogens (tertiary/aromatic N) is 1. The maximum atomic E-state index is 8.55. The average molecular weight is 180 g/mol. The van der Waals surface area contributed by atoms with Crippen molar-refractivity contribution in [3.8, 4) is 6.07 Å². The Labute approximate surface area is 77.6 Å². The molecule has 0 N–H and O–H groups in total. The fourth-order valence-corrected chi connectivity index (χ4v) is 1.41. The Bertz CT molecular complexity index is 336. The minimum Gasteiger partial charge on any atom is -0.198 e. The van der Waals surface area contributed by atoms with Gasteiger partial charge in [0.05, 0.1) is 12.5 Å². The zero-order valence-corrected chi connectivity index (χ0v) is 7.94. The van der Waals surface area contributed by atoms with Crippen LogP contribution < -0.4 is 0 Å². The number of rotatable bonds is 1. The number of halogens is 1. The minimum absolute atomic E-state index is 0.395. The molecule has 1 aromatic rings. The Morgan fingerprint density at radius 2 is 2.08 bits per heavy atom. The van der Waals surface area contributed by atoms with E-state index in [9.17, 15) is 0 Å². The number of benzene rings is 1. The summed E-state index contributed by atoms with van der Waals surface area (Å²) in [6.07, 6.45) is 0.395. The highest BCUT2D eigenvalue weighted by Gasteiger charge is 2.04. The van der Waals surface area contributed by atoms with Crippen molar-refractivity contribution < 1.29 is 0 Å². The van der Waals surface area contributed by atoms with E-state index < -0.39 is 0 Å². The Hall–Kier alpha value is -1.00. The van der Waals surface area contributed by atoms with Gasteiger partial charge in [-0.3, -0.25) is 0 Å². The van der Waals surface area contributed by atoms with E-state index in [1.54, 1.807) is 0 Å². The summed E-state index contributed by atoms with van der Waals surface area (Å²) >= 11 is 5.93. The van der Waals surface area contributed by atoms with E-state index in [0.717, 1.165) is 11.1 Å². The second-order valence-corrected chi connectivity index (χ2v) is 3.21. The molecular weight excluding hydrogens is 170 g/mol. The number of hydrogen-bond acceptors (Lipinski definition) is 1. The van der Waals surface area contributed by atoms with Gasteiger partial charge in [0.1, 0.15) is 0 Å². The fourth-order valence-electron chi connectivity index (χ4n) is 1.14. The van der Waals surface area contributed by atoms with Crippen LogP contribution in [-0.2, 0) is 6.42 Å². The Morgan fingerprint density at radius 1 is 1.42 bits per heavy atom. The van der Waals surface area contributed by atoms with Gasteiger partial charge in [0.15, 0.2) is 0 Å². The van der Waals surface area contributed by atoms with Crippen molar-refractivity contribution in [3.05, 3.63) is 33.8 Å². The molecule has 12 heavy (non-hydrogen) atoms. The molecule has 62 valence electrons. The summed E-state index contributed by atoms with van der Waals surface area (Å²) in [6.45, 7) is 4.01. The van der Waals surface area contributed by atoms with Gasteiger partial charge in [-0.2, -0.15) is 5.26 Å². The summed E-state index contributed by atoms with van der Waals surface area (Å²) in [5.74, 6) is 0. The first-order valence-corrected chi connectivity index (χ1v) is 4.16. The Morgan fingerprint density at radius 3 is 2.67 bits per heavy atom. The Balaban J connectivity index is 3.25. The topological polar surface area (TPSA) is 23.8 Å². The lowest BCUT2D eigenvalue weighted by atomic mass is 10.0. The summed E-state index contributed by atoms with van der Waals surface area (Å²) in [6, 6.07) is 5.92. The van der Waals surface area contributed by atoms with Gasteiger partial charge in [0.25, 0.3) is 0 Å². The van der Waals surface area contributed by atoms with E-state index >= 15 is 0 Å². The van der Waals surface area contributed by atoms with Crippen LogP contribution in [0.15, 0.2) is 12.1 Å². The number of hydrogen-bond donors (Lipinski definition) is 0. The molecule has 0 amide bonds. The molecule has 0 fully saturated rings. The van der Waals surface area contributed by atoms with Gasteiger partial charge in [0.2, 0.25) is 0 Å². The van der Waals surface area contributed by atoms with Crippen LogP contribution in [0.25, 0.3) is 0 Å². The first-order chi connectivity index (χ1) is 5.66. The summed E-state index contributed by atoms with van der Waals surface area (Å²) in [5, 5.41) is 9.24. The van der Waals surface area contributed by atoms with Crippen molar-refractivity contribution >= 4 is 11.6 Å². The number of aryl methyl sites for hydroxylation is 1. The molecule has 0 atom stereocenters. The molecule has 0 saturated heterocycles. The van der Waals surface area contributed by atoms with E-state index in [2.05, 4.69) is 6.07 Å². The van der Waals surface area contributed by atoms with Gasteiger partial charge in [-0.15, -0.1) is 0 Å². The SMILES string of the molecule is Cc1ccc(Cl)c(CC#N)c1C. The molecule has 2 heteroatoms. The van der Waals surface area contributed by atoms with Crippen LogP contribution in [0.3, 0.4) is 0 Å². The molecule has 0 aliphatic rings. The van der Waals surface area contributed by atoms with E-state index in [4.69, 9.17) is 16.9 Å². The lowest BCUT2D eigenvalue weighted by molar-refractivity contribution is 1.18. The summed E-state index contributed by atoms with van der Waals surface area (Å²) in [4.78, 5) is 0. The highest BCUT2D eigenvalue weighted by Crippen LogP contribution is 2.22. The molecule has 0 radical (unpaired) electrons. The van der Waals surface area contributed by atoms with Gasteiger partial charge in [-0.05, 0) is 36.6 Å². The van der Waals surface area contributed by atoms with Crippen molar-refractivity contribution in [1.29, 1.82) is 5.26 Å². The van der Waals surface area contributed by atoms with E-state index in [1.807, 2.05) is 26.0 Å². The molecule has 0 saturated carbocycles. The smallest absolute Gasteiger partial charge is 0.0670 e. The first kappa shape index (κ1) is 9.09. The van der Waals surface area contributed by atoms with Crippen LogP contribution in [0.2, 0.25) is 5.02 Å².